The molecule has 0 saturated carbocycles. The molecule has 0 spiro atoms. The Balaban J connectivity index is 1.71. The number of hydrogen-bond donors (Lipinski definition) is 2. The molecule has 3 N–H and O–H groups in total. The maximum absolute atomic E-state index is 13.2. The van der Waals surface area contributed by atoms with Gasteiger partial charge in [0.1, 0.15) is 21.8 Å². The molecular formula is C21H21F2N5O5S. The number of methoxy groups -OCH3 is 2. The number of alkyl halides is 2. The summed E-state index contributed by atoms with van der Waals surface area (Å²) in [6.45, 7) is 0.741. The van der Waals surface area contributed by atoms with Gasteiger partial charge in [0.2, 0.25) is 0 Å². The molecule has 0 amide bonds. The van der Waals surface area contributed by atoms with E-state index >= 15 is 0 Å². The molecule has 34 heavy (non-hydrogen) atoms. The van der Waals surface area contributed by atoms with E-state index in [9.17, 15) is 17.2 Å². The standard InChI is InChI=1S/C21H21F2N5O5S/c1-31-15-4-3-14(20(22)23)7-18(15)34(29,30)27-21-19-16(32-2)5-12(6-17(19)33-26-21)10-28-11-13(8-24)9-25-28/h3-7,9,11,20H,8,10,24H2,1-2H3,(H,26,27). The molecule has 0 aliphatic carbocycles. The molecule has 4 rings (SSSR count). The number of rotatable bonds is 9. The second kappa shape index (κ2) is 9.27. The van der Waals surface area contributed by atoms with Gasteiger partial charge in [0.15, 0.2) is 11.4 Å². The minimum atomic E-state index is -4.37. The largest absolute Gasteiger partial charge is 0.496 e. The highest BCUT2D eigenvalue weighted by molar-refractivity contribution is 7.92. The molecule has 180 valence electrons. The van der Waals surface area contributed by atoms with E-state index in [-0.39, 0.29) is 22.5 Å². The van der Waals surface area contributed by atoms with Crippen LogP contribution in [0.3, 0.4) is 0 Å². The zero-order chi connectivity index (χ0) is 24.5. The predicted octanol–water partition coefficient (Wildman–Crippen LogP) is 3.29. The van der Waals surface area contributed by atoms with Crippen LogP contribution in [0.5, 0.6) is 11.5 Å². The monoisotopic (exact) mass is 493 g/mol. The first-order valence-electron chi connectivity index (χ1n) is 9.92. The summed E-state index contributed by atoms with van der Waals surface area (Å²) in [7, 11) is -1.71. The molecule has 0 bridgehead atoms. The molecule has 2 aromatic heterocycles. The summed E-state index contributed by atoms with van der Waals surface area (Å²) < 4.78 is 72.2. The third-order valence-corrected chi connectivity index (χ3v) is 6.41. The fraction of sp³-hybridized carbons (Fsp3) is 0.238. The Morgan fingerprint density at radius 2 is 1.91 bits per heavy atom. The maximum atomic E-state index is 13.2. The average molecular weight is 493 g/mol. The molecule has 10 nitrogen and oxygen atoms in total. The number of nitrogens with two attached hydrogens (primary N) is 1. The van der Waals surface area contributed by atoms with Crippen molar-refractivity contribution in [2.75, 3.05) is 18.9 Å². The van der Waals surface area contributed by atoms with E-state index in [1.807, 2.05) is 0 Å². The van der Waals surface area contributed by atoms with E-state index in [0.29, 0.717) is 18.8 Å². The molecule has 0 aliphatic rings. The van der Waals surface area contributed by atoms with Crippen molar-refractivity contribution in [2.45, 2.75) is 24.4 Å². The van der Waals surface area contributed by atoms with Crippen LogP contribution in [0.15, 0.2) is 52.1 Å². The van der Waals surface area contributed by atoms with Crippen LogP contribution in [0.2, 0.25) is 0 Å². The number of fused-ring (bicyclic) bond motifs is 1. The molecule has 2 aromatic carbocycles. The van der Waals surface area contributed by atoms with Gasteiger partial charge in [-0.05, 0) is 35.9 Å². The van der Waals surface area contributed by atoms with Gasteiger partial charge in [-0.2, -0.15) is 5.10 Å². The van der Waals surface area contributed by atoms with Crippen molar-refractivity contribution in [3.05, 3.63) is 59.4 Å². The first-order chi connectivity index (χ1) is 16.2. The lowest BCUT2D eigenvalue weighted by molar-refractivity contribution is 0.151. The van der Waals surface area contributed by atoms with E-state index in [4.69, 9.17) is 19.7 Å². The van der Waals surface area contributed by atoms with Crippen LogP contribution in [-0.2, 0) is 23.1 Å². The van der Waals surface area contributed by atoms with Gasteiger partial charge in [-0.15, -0.1) is 0 Å². The number of nitrogens with zero attached hydrogens (tertiary/aromatic N) is 3. The summed E-state index contributed by atoms with van der Waals surface area (Å²) in [6.07, 6.45) is 0.605. The number of ether oxygens (including phenoxy) is 2. The maximum Gasteiger partial charge on any atom is 0.266 e. The number of halogens is 2. The number of anilines is 1. The highest BCUT2D eigenvalue weighted by atomic mass is 32.2. The number of sulfonamides is 1. The minimum Gasteiger partial charge on any atom is -0.496 e. The Kier molecular flexibility index (Phi) is 6.39. The van der Waals surface area contributed by atoms with Crippen molar-refractivity contribution in [3.8, 4) is 11.5 Å². The normalized spacial score (nSPS) is 11.8. The topological polar surface area (TPSA) is 134 Å². The summed E-state index contributed by atoms with van der Waals surface area (Å²) in [5.74, 6) is 0.0355. The Morgan fingerprint density at radius 1 is 1.15 bits per heavy atom. The number of hydrogen-bond acceptors (Lipinski definition) is 8. The van der Waals surface area contributed by atoms with Crippen LogP contribution in [0.1, 0.15) is 23.1 Å². The van der Waals surface area contributed by atoms with Crippen LogP contribution in [0, 0.1) is 0 Å². The summed E-state index contributed by atoms with van der Waals surface area (Å²) >= 11 is 0. The second-order valence-corrected chi connectivity index (χ2v) is 8.92. The third-order valence-electron chi connectivity index (χ3n) is 5.04. The molecule has 0 aliphatic heterocycles. The van der Waals surface area contributed by atoms with E-state index in [1.165, 1.54) is 14.2 Å². The molecule has 0 saturated heterocycles. The lowest BCUT2D eigenvalue weighted by Crippen LogP contribution is -2.15. The molecule has 2 heterocycles. The van der Waals surface area contributed by atoms with Crippen molar-refractivity contribution in [1.29, 1.82) is 0 Å². The van der Waals surface area contributed by atoms with Crippen molar-refractivity contribution >= 4 is 26.8 Å². The quantitative estimate of drug-likeness (QED) is 0.363. The fourth-order valence-corrected chi connectivity index (χ4v) is 4.63. The smallest absolute Gasteiger partial charge is 0.266 e. The van der Waals surface area contributed by atoms with Gasteiger partial charge in [-0.25, -0.2) is 17.2 Å². The van der Waals surface area contributed by atoms with Crippen LogP contribution in [-0.4, -0.2) is 37.6 Å². The Hall–Kier alpha value is -3.71. The van der Waals surface area contributed by atoms with E-state index in [2.05, 4.69) is 15.0 Å². The van der Waals surface area contributed by atoms with E-state index in [0.717, 1.165) is 29.3 Å². The molecule has 13 heteroatoms. The SMILES string of the molecule is COc1ccc(C(F)F)cc1S(=O)(=O)Nc1noc2cc(Cn3cc(CN)cn3)cc(OC)c12. The van der Waals surface area contributed by atoms with Crippen LogP contribution >= 0.6 is 0 Å². The van der Waals surface area contributed by atoms with Crippen molar-refractivity contribution in [3.63, 3.8) is 0 Å². The van der Waals surface area contributed by atoms with E-state index in [1.54, 1.807) is 29.2 Å². The molecular weight excluding hydrogens is 472 g/mol. The van der Waals surface area contributed by atoms with Crippen molar-refractivity contribution in [1.82, 2.24) is 14.9 Å². The lowest BCUT2D eigenvalue weighted by Gasteiger charge is -2.12. The Labute approximate surface area is 193 Å². The van der Waals surface area contributed by atoms with Crippen LogP contribution < -0.4 is 19.9 Å². The van der Waals surface area contributed by atoms with Gasteiger partial charge in [0.05, 0.1) is 27.0 Å². The summed E-state index contributed by atoms with van der Waals surface area (Å²) in [6, 6.07) is 6.47. The summed E-state index contributed by atoms with van der Waals surface area (Å²) in [5, 5.41) is 8.32. The van der Waals surface area contributed by atoms with Gasteiger partial charge >= 0.3 is 0 Å². The van der Waals surface area contributed by atoms with Crippen LogP contribution in [0.4, 0.5) is 14.6 Å². The third kappa shape index (κ3) is 4.52. The van der Waals surface area contributed by atoms with Crippen molar-refractivity contribution < 1.29 is 31.2 Å². The average Bonchev–Trinajstić information content (AvgIpc) is 3.44. The van der Waals surface area contributed by atoms with Crippen molar-refractivity contribution in [2.24, 2.45) is 5.73 Å². The molecule has 0 fully saturated rings. The summed E-state index contributed by atoms with van der Waals surface area (Å²) in [4.78, 5) is -0.464. The molecule has 0 radical (unpaired) electrons. The van der Waals surface area contributed by atoms with Gasteiger partial charge in [-0.1, -0.05) is 5.16 Å². The first-order valence-corrected chi connectivity index (χ1v) is 11.4. The van der Waals surface area contributed by atoms with Crippen LogP contribution in [0.25, 0.3) is 11.0 Å². The Morgan fingerprint density at radius 3 is 2.56 bits per heavy atom. The number of aromatic nitrogens is 3. The number of benzene rings is 2. The zero-order valence-electron chi connectivity index (χ0n) is 18.2. The van der Waals surface area contributed by atoms with Gasteiger partial charge in [0, 0.05) is 23.9 Å². The number of nitrogens with one attached hydrogen (secondary N) is 1. The second-order valence-electron chi connectivity index (χ2n) is 7.27. The highest BCUT2D eigenvalue weighted by Crippen LogP contribution is 2.36. The first kappa shape index (κ1) is 23.4. The Bertz CT molecular complexity index is 1430. The minimum absolute atomic E-state index is 0.102. The predicted molar refractivity (Wildman–Crippen MR) is 119 cm³/mol. The molecule has 0 unspecified atom stereocenters. The lowest BCUT2D eigenvalue weighted by atomic mass is 10.1. The highest BCUT2D eigenvalue weighted by Gasteiger charge is 2.26. The van der Waals surface area contributed by atoms with Gasteiger partial charge in [-0.3, -0.25) is 9.40 Å². The van der Waals surface area contributed by atoms with E-state index < -0.39 is 26.9 Å². The zero-order valence-corrected chi connectivity index (χ0v) is 19.0. The van der Waals surface area contributed by atoms with Gasteiger partial charge < -0.3 is 19.7 Å². The molecule has 4 aromatic rings. The molecule has 0 atom stereocenters. The summed E-state index contributed by atoms with van der Waals surface area (Å²) in [5.41, 5.74) is 7.03. The fourth-order valence-electron chi connectivity index (χ4n) is 3.42. The van der Waals surface area contributed by atoms with Gasteiger partial charge in [0.25, 0.3) is 16.4 Å².